The van der Waals surface area contributed by atoms with Gasteiger partial charge in [-0.25, -0.2) is 0 Å². The standard InChI is InChI=1S/C16H14P.C11H11.Hf/c1-12-11-13-7-5-6-10-15(13)16(12)17-14-8-3-2-4-9-14;1-8-6-7-9(2)11-5-3-4-10(8)11;/h2-11,17H,1H3;3-7H,1-2H3;. The van der Waals surface area contributed by atoms with Gasteiger partial charge in [-0.05, 0) is 0 Å². The molecule has 0 aromatic heterocycles. The van der Waals surface area contributed by atoms with Crippen molar-refractivity contribution in [2.45, 2.75) is 28.1 Å². The van der Waals surface area contributed by atoms with Gasteiger partial charge >= 0.3 is 188 Å². The Balaban J connectivity index is 1.52. The Morgan fingerprint density at radius 2 is 1.52 bits per heavy atom. The Morgan fingerprint density at radius 1 is 0.793 bits per heavy atom. The van der Waals surface area contributed by atoms with Gasteiger partial charge < -0.3 is 0 Å². The zero-order valence-electron chi connectivity index (χ0n) is 17.2. The second kappa shape index (κ2) is 7.93. The fraction of sp³-hybridized carbons (Fsp3) is 0.185. The van der Waals surface area contributed by atoms with E-state index in [4.69, 9.17) is 0 Å². The van der Waals surface area contributed by atoms with Crippen LogP contribution in [0.1, 0.15) is 47.7 Å². The fourth-order valence-electron chi connectivity index (χ4n) is 4.71. The summed E-state index contributed by atoms with van der Waals surface area (Å²) in [6.45, 7) is 6.98. The van der Waals surface area contributed by atoms with Crippen LogP contribution in [-0.2, 0) is 22.9 Å². The summed E-state index contributed by atoms with van der Waals surface area (Å²) in [5.41, 5.74) is 10.8. The van der Waals surface area contributed by atoms with E-state index in [2.05, 4.69) is 99.7 Å². The Labute approximate surface area is 187 Å². The van der Waals surface area contributed by atoms with Crippen LogP contribution in [0.3, 0.4) is 0 Å². The van der Waals surface area contributed by atoms with Crippen molar-refractivity contribution >= 4 is 25.3 Å². The van der Waals surface area contributed by atoms with Crippen LogP contribution in [-0.4, -0.2) is 0 Å². The molecule has 0 amide bonds. The third-order valence-corrected chi connectivity index (χ3v) is 14.7. The van der Waals surface area contributed by atoms with Crippen LogP contribution in [0.25, 0.3) is 11.4 Å². The number of aryl methyl sites for hydroxylation is 2. The van der Waals surface area contributed by atoms with Crippen LogP contribution >= 0.6 is 8.58 Å². The van der Waals surface area contributed by atoms with E-state index in [0.29, 0.717) is 7.35 Å². The predicted octanol–water partition coefficient (Wildman–Crippen LogP) is 6.94. The number of benzene rings is 3. The van der Waals surface area contributed by atoms with Crippen molar-refractivity contribution in [2.24, 2.45) is 0 Å². The maximum atomic E-state index is 2.53. The van der Waals surface area contributed by atoms with E-state index in [1.807, 2.05) is 0 Å². The predicted molar refractivity (Wildman–Crippen MR) is 124 cm³/mol. The van der Waals surface area contributed by atoms with Gasteiger partial charge in [0, 0.05) is 0 Å². The zero-order valence-corrected chi connectivity index (χ0v) is 21.8. The van der Waals surface area contributed by atoms with Crippen molar-refractivity contribution in [3.63, 3.8) is 0 Å². The molecule has 0 fully saturated rings. The van der Waals surface area contributed by atoms with Crippen LogP contribution in [0.2, 0.25) is 0 Å². The molecule has 0 aliphatic heterocycles. The molecule has 29 heavy (non-hydrogen) atoms. The molecule has 3 aromatic rings. The van der Waals surface area contributed by atoms with Gasteiger partial charge in [0.15, 0.2) is 0 Å². The second-order valence-corrected chi connectivity index (χ2v) is 14.9. The number of hydrogen-bond donors (Lipinski definition) is 0. The quantitative estimate of drug-likeness (QED) is 0.240. The topological polar surface area (TPSA) is 0 Å². The van der Waals surface area contributed by atoms with Crippen LogP contribution in [0.5, 0.6) is 0 Å². The number of hydrogen-bond acceptors (Lipinski definition) is 0. The average molecular weight is 559 g/mol. The van der Waals surface area contributed by atoms with E-state index in [0.717, 1.165) is 8.58 Å². The molecule has 2 heteroatoms. The molecule has 0 radical (unpaired) electrons. The Bertz CT molecular complexity index is 1140. The van der Waals surface area contributed by atoms with Gasteiger partial charge in [0.2, 0.25) is 0 Å². The summed E-state index contributed by atoms with van der Waals surface area (Å²) >= 11 is -1.03. The van der Waals surface area contributed by atoms with Gasteiger partial charge in [0.25, 0.3) is 0 Å². The molecule has 0 bridgehead atoms. The van der Waals surface area contributed by atoms with Crippen molar-refractivity contribution in [1.29, 1.82) is 0 Å². The minimum absolute atomic E-state index is 0.706. The third-order valence-electron chi connectivity index (χ3n) is 6.25. The van der Waals surface area contributed by atoms with E-state index in [1.165, 1.54) is 27.6 Å². The average Bonchev–Trinajstić information content (AvgIpc) is 3.28. The SMILES string of the molecule is CC1=C(Pc2ccccc2)c2ccccc2[CH]1[Hf][CH]1C=Cc2c(C)ccc(C)c21. The summed E-state index contributed by atoms with van der Waals surface area (Å²) in [4.78, 5) is 0. The molecule has 2 aliphatic rings. The molecular weight excluding hydrogens is 534 g/mol. The monoisotopic (exact) mass is 560 g/mol. The van der Waals surface area contributed by atoms with Crippen LogP contribution < -0.4 is 5.30 Å². The first-order valence-electron chi connectivity index (χ1n) is 10.3. The summed E-state index contributed by atoms with van der Waals surface area (Å²) in [5, 5.41) is 3.05. The first-order chi connectivity index (χ1) is 14.1. The molecular formula is C27H25HfP. The molecule has 0 saturated carbocycles. The number of allylic oxidation sites excluding steroid dienone is 2. The molecule has 2 aliphatic carbocycles. The van der Waals surface area contributed by atoms with Crippen molar-refractivity contribution in [3.8, 4) is 0 Å². The van der Waals surface area contributed by atoms with Gasteiger partial charge in [-0.1, -0.05) is 0 Å². The van der Waals surface area contributed by atoms with Crippen molar-refractivity contribution in [2.75, 3.05) is 0 Å². The summed E-state index contributed by atoms with van der Waals surface area (Å²) in [6, 6.07) is 24.8. The third kappa shape index (κ3) is 3.47. The molecule has 142 valence electrons. The zero-order chi connectivity index (χ0) is 20.0. The molecule has 0 nitrogen and oxygen atoms in total. The molecule has 0 heterocycles. The molecule has 0 saturated heterocycles. The van der Waals surface area contributed by atoms with Crippen LogP contribution in [0, 0.1) is 13.8 Å². The van der Waals surface area contributed by atoms with Crippen LogP contribution in [0.15, 0.2) is 78.4 Å². The van der Waals surface area contributed by atoms with Crippen molar-refractivity contribution in [3.05, 3.63) is 112 Å². The van der Waals surface area contributed by atoms with Gasteiger partial charge in [-0.15, -0.1) is 0 Å². The summed E-state index contributed by atoms with van der Waals surface area (Å²) in [5.74, 6) is 0. The van der Waals surface area contributed by atoms with E-state index in [-0.39, 0.29) is 0 Å². The second-order valence-electron chi connectivity index (χ2n) is 8.10. The van der Waals surface area contributed by atoms with E-state index >= 15 is 0 Å². The van der Waals surface area contributed by atoms with Crippen molar-refractivity contribution < 1.29 is 22.9 Å². The molecule has 5 rings (SSSR count). The molecule has 3 unspecified atom stereocenters. The van der Waals surface area contributed by atoms with Gasteiger partial charge in [-0.2, -0.15) is 0 Å². The van der Waals surface area contributed by atoms with Crippen LogP contribution in [0.4, 0.5) is 0 Å². The normalized spacial score (nSPS) is 19.8. The summed E-state index contributed by atoms with van der Waals surface area (Å²) in [6.07, 6.45) is 4.93. The minimum atomic E-state index is -1.03. The maximum absolute atomic E-state index is 2.53. The van der Waals surface area contributed by atoms with Crippen molar-refractivity contribution in [1.82, 2.24) is 0 Å². The Kier molecular flexibility index (Phi) is 5.31. The molecule has 0 N–H and O–H groups in total. The fourth-order valence-corrected chi connectivity index (χ4v) is 13.6. The molecule has 0 spiro atoms. The Morgan fingerprint density at radius 3 is 2.34 bits per heavy atom. The number of rotatable bonds is 4. The van der Waals surface area contributed by atoms with E-state index in [1.54, 1.807) is 22.0 Å². The summed E-state index contributed by atoms with van der Waals surface area (Å²) < 4.78 is 1.41. The Hall–Kier alpha value is -1.56. The van der Waals surface area contributed by atoms with Gasteiger partial charge in [0.1, 0.15) is 0 Å². The van der Waals surface area contributed by atoms with E-state index in [9.17, 15) is 0 Å². The molecule has 3 atom stereocenters. The summed E-state index contributed by atoms with van der Waals surface area (Å²) in [7, 11) is 0.757. The van der Waals surface area contributed by atoms with Gasteiger partial charge in [-0.3, -0.25) is 0 Å². The first kappa shape index (κ1) is 19.4. The first-order valence-corrected chi connectivity index (χ1v) is 15.4. The number of fused-ring (bicyclic) bond motifs is 2. The van der Waals surface area contributed by atoms with Gasteiger partial charge in [0.05, 0.1) is 0 Å². The molecule has 3 aromatic carbocycles. The van der Waals surface area contributed by atoms with E-state index < -0.39 is 22.9 Å².